The highest BCUT2D eigenvalue weighted by Crippen LogP contribution is 2.51. The number of rotatable bonds is 3. The third-order valence-electron chi connectivity index (χ3n) is 10.9. The van der Waals surface area contributed by atoms with Crippen molar-refractivity contribution in [2.75, 3.05) is 0 Å². The van der Waals surface area contributed by atoms with Gasteiger partial charge in [0.1, 0.15) is 0 Å². The zero-order valence-corrected chi connectivity index (χ0v) is 27.3. The molecule has 11 rings (SSSR count). The van der Waals surface area contributed by atoms with Crippen LogP contribution in [0, 0.1) is 0 Å². The summed E-state index contributed by atoms with van der Waals surface area (Å²) in [4.78, 5) is 0. The van der Waals surface area contributed by atoms with E-state index in [0.717, 1.165) is 0 Å². The summed E-state index contributed by atoms with van der Waals surface area (Å²) in [7, 11) is 0. The molecule has 10 aromatic carbocycles. The SMILES string of the molecule is c1cc(-c2ccc3ccccc3c2)cc(-c2ccc3c(ccc4cc(-c5ccc6c7c(cc8ccccc8c57)-c5ccccc5-6)ccc43)c2)c1. The Labute approximate surface area is 290 Å². The highest BCUT2D eigenvalue weighted by atomic mass is 14.3. The minimum atomic E-state index is 1.23. The molecule has 0 atom stereocenters. The van der Waals surface area contributed by atoms with E-state index in [1.165, 1.54) is 109 Å². The lowest BCUT2D eigenvalue weighted by molar-refractivity contribution is 1.61. The number of fused-ring (bicyclic) bond motifs is 9. The predicted molar refractivity (Wildman–Crippen MR) is 215 cm³/mol. The average molecular weight is 631 g/mol. The second kappa shape index (κ2) is 10.5. The average Bonchev–Trinajstić information content (AvgIpc) is 3.51. The smallest absolute Gasteiger partial charge is 0.00137 e. The van der Waals surface area contributed by atoms with Crippen molar-refractivity contribution in [3.63, 3.8) is 0 Å². The minimum Gasteiger partial charge on any atom is -0.0616 e. The highest BCUT2D eigenvalue weighted by molar-refractivity contribution is 6.27. The molecule has 0 heteroatoms. The molecule has 1 aliphatic carbocycles. The van der Waals surface area contributed by atoms with Crippen LogP contribution in [0.15, 0.2) is 182 Å². The van der Waals surface area contributed by atoms with Crippen LogP contribution in [0.25, 0.3) is 109 Å². The van der Waals surface area contributed by atoms with Gasteiger partial charge >= 0.3 is 0 Å². The molecule has 0 saturated carbocycles. The van der Waals surface area contributed by atoms with E-state index in [4.69, 9.17) is 0 Å². The van der Waals surface area contributed by atoms with Gasteiger partial charge in [0.2, 0.25) is 0 Å². The van der Waals surface area contributed by atoms with E-state index < -0.39 is 0 Å². The molecule has 50 heavy (non-hydrogen) atoms. The molecule has 0 N–H and O–H groups in total. The first-order valence-electron chi connectivity index (χ1n) is 17.4. The monoisotopic (exact) mass is 630 g/mol. The fraction of sp³-hybridized carbons (Fsp3) is 0. The zero-order valence-electron chi connectivity index (χ0n) is 27.3. The van der Waals surface area contributed by atoms with Gasteiger partial charge in [0, 0.05) is 0 Å². The van der Waals surface area contributed by atoms with E-state index in [1.54, 1.807) is 0 Å². The third-order valence-corrected chi connectivity index (χ3v) is 10.9. The largest absolute Gasteiger partial charge is 0.0616 e. The van der Waals surface area contributed by atoms with Gasteiger partial charge in [-0.1, -0.05) is 152 Å². The van der Waals surface area contributed by atoms with Gasteiger partial charge in [0.15, 0.2) is 0 Å². The van der Waals surface area contributed by atoms with Crippen molar-refractivity contribution in [2.24, 2.45) is 0 Å². The lowest BCUT2D eigenvalue weighted by Crippen LogP contribution is -1.87. The summed E-state index contributed by atoms with van der Waals surface area (Å²) in [5.74, 6) is 0. The topological polar surface area (TPSA) is 0 Å². The molecule has 1 aliphatic rings. The molecule has 0 unspecified atom stereocenters. The highest BCUT2D eigenvalue weighted by Gasteiger charge is 2.24. The summed E-state index contributed by atoms with van der Waals surface area (Å²) >= 11 is 0. The van der Waals surface area contributed by atoms with Crippen molar-refractivity contribution in [3.8, 4) is 55.6 Å². The maximum Gasteiger partial charge on any atom is -0.00137 e. The lowest BCUT2D eigenvalue weighted by atomic mass is 9.89. The third kappa shape index (κ3) is 4.06. The second-order valence-corrected chi connectivity index (χ2v) is 13.7. The summed E-state index contributed by atoms with van der Waals surface area (Å²) < 4.78 is 0. The summed E-state index contributed by atoms with van der Waals surface area (Å²) in [5.41, 5.74) is 12.8. The van der Waals surface area contributed by atoms with Crippen LogP contribution in [-0.4, -0.2) is 0 Å². The molecular weight excluding hydrogens is 601 g/mol. The van der Waals surface area contributed by atoms with E-state index in [9.17, 15) is 0 Å². The molecule has 0 heterocycles. The molecule has 0 nitrogen and oxygen atoms in total. The summed E-state index contributed by atoms with van der Waals surface area (Å²) in [6.07, 6.45) is 0. The van der Waals surface area contributed by atoms with Crippen LogP contribution >= 0.6 is 0 Å². The van der Waals surface area contributed by atoms with Crippen molar-refractivity contribution < 1.29 is 0 Å². The molecule has 0 aliphatic heterocycles. The van der Waals surface area contributed by atoms with Crippen LogP contribution in [0.5, 0.6) is 0 Å². The van der Waals surface area contributed by atoms with Gasteiger partial charge in [-0.05, 0) is 140 Å². The Morgan fingerprint density at radius 1 is 0.200 bits per heavy atom. The van der Waals surface area contributed by atoms with Gasteiger partial charge in [-0.15, -0.1) is 0 Å². The summed E-state index contributed by atoms with van der Waals surface area (Å²) in [6, 6.07) is 67.6. The van der Waals surface area contributed by atoms with E-state index >= 15 is 0 Å². The van der Waals surface area contributed by atoms with Crippen LogP contribution in [0.4, 0.5) is 0 Å². The van der Waals surface area contributed by atoms with Gasteiger partial charge in [0.05, 0.1) is 0 Å². The predicted octanol–water partition coefficient (Wildman–Crippen LogP) is 14.1. The Bertz CT molecular complexity index is 3030. The van der Waals surface area contributed by atoms with Crippen molar-refractivity contribution >= 4 is 53.9 Å². The molecular formula is C50H30. The first kappa shape index (κ1) is 27.5. The number of hydrogen-bond donors (Lipinski definition) is 0. The van der Waals surface area contributed by atoms with Crippen molar-refractivity contribution in [3.05, 3.63) is 182 Å². The molecule has 0 spiro atoms. The quantitative estimate of drug-likeness (QED) is 0.170. The Morgan fingerprint density at radius 2 is 0.720 bits per heavy atom. The molecule has 0 amide bonds. The van der Waals surface area contributed by atoms with Gasteiger partial charge in [-0.25, -0.2) is 0 Å². The molecule has 0 saturated heterocycles. The van der Waals surface area contributed by atoms with Crippen molar-refractivity contribution in [1.82, 2.24) is 0 Å². The normalized spacial score (nSPS) is 12.0. The summed E-state index contributed by atoms with van der Waals surface area (Å²) in [6.45, 7) is 0. The minimum absolute atomic E-state index is 1.23. The molecule has 10 aromatic rings. The first-order chi connectivity index (χ1) is 24.8. The fourth-order valence-corrected chi connectivity index (χ4v) is 8.54. The van der Waals surface area contributed by atoms with Crippen LogP contribution < -0.4 is 0 Å². The molecule has 0 fully saturated rings. The standard InChI is InChI=1S/C50H30/c1-2-9-32-26-35(17-16-31(32)8-1)33-11-7-12-34(27-33)36-20-22-41-38(28-36)18-19-39-29-40(21-23-42(39)41)44-24-25-47-45-14-5-6-15-46(45)48-30-37-10-3-4-13-43(37)49(44)50(47)48/h1-30H. The van der Waals surface area contributed by atoms with Gasteiger partial charge in [0.25, 0.3) is 0 Å². The Balaban J connectivity index is 1.02. The van der Waals surface area contributed by atoms with Gasteiger partial charge in [-0.2, -0.15) is 0 Å². The number of hydrogen-bond acceptors (Lipinski definition) is 0. The van der Waals surface area contributed by atoms with E-state index in [0.29, 0.717) is 0 Å². The van der Waals surface area contributed by atoms with E-state index in [1.807, 2.05) is 0 Å². The molecule has 230 valence electrons. The first-order valence-corrected chi connectivity index (χ1v) is 17.4. The maximum atomic E-state index is 2.39. The fourth-order valence-electron chi connectivity index (χ4n) is 8.54. The molecule has 0 aromatic heterocycles. The van der Waals surface area contributed by atoms with Crippen LogP contribution in [0.1, 0.15) is 0 Å². The summed E-state index contributed by atoms with van der Waals surface area (Å²) in [5, 5.41) is 12.9. The Kier molecular flexibility index (Phi) is 5.76. The molecule has 0 bridgehead atoms. The molecule has 0 radical (unpaired) electrons. The van der Waals surface area contributed by atoms with Gasteiger partial charge in [-0.3, -0.25) is 0 Å². The maximum absolute atomic E-state index is 2.39. The Hall–Kier alpha value is -6.50. The van der Waals surface area contributed by atoms with E-state index in [-0.39, 0.29) is 0 Å². The van der Waals surface area contributed by atoms with Crippen LogP contribution in [-0.2, 0) is 0 Å². The lowest BCUT2D eigenvalue weighted by Gasteiger charge is -2.14. The van der Waals surface area contributed by atoms with Crippen molar-refractivity contribution in [2.45, 2.75) is 0 Å². The van der Waals surface area contributed by atoms with Gasteiger partial charge < -0.3 is 0 Å². The van der Waals surface area contributed by atoms with Crippen LogP contribution in [0.2, 0.25) is 0 Å². The van der Waals surface area contributed by atoms with Crippen molar-refractivity contribution in [1.29, 1.82) is 0 Å². The van der Waals surface area contributed by atoms with E-state index in [2.05, 4.69) is 182 Å². The Morgan fingerprint density at radius 3 is 1.50 bits per heavy atom. The zero-order chi connectivity index (χ0) is 32.8. The number of benzene rings is 10. The van der Waals surface area contributed by atoms with Crippen LogP contribution in [0.3, 0.4) is 0 Å². The second-order valence-electron chi connectivity index (χ2n) is 13.7.